The number of hydrogen-bond acceptors (Lipinski definition) is 2. The van der Waals surface area contributed by atoms with Gasteiger partial charge in [0.05, 0.1) is 0 Å². The third kappa shape index (κ3) is 3.81. The molecule has 0 spiro atoms. The number of allylic oxidation sites excluding steroid dienone is 2. The second-order valence-electron chi connectivity index (χ2n) is 7.18. The summed E-state index contributed by atoms with van der Waals surface area (Å²) in [6, 6.07) is 8.54. The predicted molar refractivity (Wildman–Crippen MR) is 99.1 cm³/mol. The van der Waals surface area contributed by atoms with Crippen molar-refractivity contribution in [1.82, 2.24) is 4.90 Å². The lowest BCUT2D eigenvalue weighted by Gasteiger charge is -2.24. The summed E-state index contributed by atoms with van der Waals surface area (Å²) < 4.78 is 0. The highest BCUT2D eigenvalue weighted by atomic mass is 15.0. The summed E-state index contributed by atoms with van der Waals surface area (Å²) in [6.45, 7) is 0.992. The fraction of sp³-hybridized carbons (Fsp3) is 0.476. The smallest absolute Gasteiger partial charge is 0.0423 e. The van der Waals surface area contributed by atoms with E-state index in [2.05, 4.69) is 55.4 Å². The molecule has 0 amide bonds. The van der Waals surface area contributed by atoms with Gasteiger partial charge in [-0.25, -0.2) is 0 Å². The Hall–Kier alpha value is -1.67. The Morgan fingerprint density at radius 1 is 1.13 bits per heavy atom. The van der Waals surface area contributed by atoms with Gasteiger partial charge < -0.3 is 10.3 Å². The van der Waals surface area contributed by atoms with Gasteiger partial charge in [-0.05, 0) is 50.1 Å². The Bertz CT molecular complexity index is 631. The zero-order valence-electron chi connectivity index (χ0n) is 14.4. The lowest BCUT2D eigenvalue weighted by molar-refractivity contribution is 0.438. The van der Waals surface area contributed by atoms with E-state index in [1.165, 1.54) is 48.8 Å². The maximum absolute atomic E-state index is 8.74. The highest BCUT2D eigenvalue weighted by Gasteiger charge is 2.22. The number of benzene rings is 1. The zero-order valence-corrected chi connectivity index (χ0v) is 14.4. The van der Waals surface area contributed by atoms with E-state index in [-0.39, 0.29) is 0 Å². The highest BCUT2D eigenvalue weighted by molar-refractivity contribution is 6.04. The topological polar surface area (TPSA) is 27.1 Å². The summed E-state index contributed by atoms with van der Waals surface area (Å²) in [6.07, 6.45) is 11.9. The van der Waals surface area contributed by atoms with Crippen LogP contribution in [0.2, 0.25) is 0 Å². The van der Waals surface area contributed by atoms with Crippen LogP contribution in [0.5, 0.6) is 0 Å². The van der Waals surface area contributed by atoms with Crippen molar-refractivity contribution in [3.63, 3.8) is 0 Å². The normalized spacial score (nSPS) is 18.9. The van der Waals surface area contributed by atoms with E-state index in [0.29, 0.717) is 5.92 Å². The second kappa shape index (κ2) is 7.27. The van der Waals surface area contributed by atoms with E-state index in [1.807, 2.05) is 0 Å². The van der Waals surface area contributed by atoms with Gasteiger partial charge in [-0.2, -0.15) is 0 Å². The fourth-order valence-corrected chi connectivity index (χ4v) is 3.85. The van der Waals surface area contributed by atoms with Gasteiger partial charge in [0, 0.05) is 23.7 Å². The molecule has 0 aliphatic heterocycles. The maximum atomic E-state index is 8.74. The molecule has 1 fully saturated rings. The number of hydrogen-bond donors (Lipinski definition) is 1. The molecule has 0 saturated heterocycles. The Morgan fingerprint density at radius 3 is 2.61 bits per heavy atom. The lowest BCUT2D eigenvalue weighted by Crippen LogP contribution is -2.19. The molecule has 0 radical (unpaired) electrons. The monoisotopic (exact) mass is 308 g/mol. The Morgan fingerprint density at radius 2 is 1.87 bits per heavy atom. The lowest BCUT2D eigenvalue weighted by atomic mass is 9.81. The second-order valence-corrected chi connectivity index (χ2v) is 7.18. The summed E-state index contributed by atoms with van der Waals surface area (Å²) in [4.78, 5) is 2.21. The molecule has 3 rings (SSSR count). The summed E-state index contributed by atoms with van der Waals surface area (Å²) in [5.41, 5.74) is 6.06. The van der Waals surface area contributed by atoms with Crippen molar-refractivity contribution in [1.29, 1.82) is 5.41 Å². The summed E-state index contributed by atoms with van der Waals surface area (Å²) >= 11 is 0. The van der Waals surface area contributed by atoms with Gasteiger partial charge in [0.1, 0.15) is 0 Å². The Labute approximate surface area is 140 Å². The van der Waals surface area contributed by atoms with Crippen LogP contribution in [0.4, 0.5) is 0 Å². The molecular weight excluding hydrogens is 280 g/mol. The van der Waals surface area contributed by atoms with Crippen LogP contribution < -0.4 is 0 Å². The van der Waals surface area contributed by atoms with Crippen molar-refractivity contribution < 1.29 is 0 Å². The van der Waals surface area contributed by atoms with E-state index >= 15 is 0 Å². The largest absolute Gasteiger partial charge is 0.305 e. The van der Waals surface area contributed by atoms with Crippen molar-refractivity contribution in [3.8, 4) is 0 Å². The first-order valence-electron chi connectivity index (χ1n) is 8.87. The van der Waals surface area contributed by atoms with Gasteiger partial charge in [-0.15, -0.1) is 0 Å². The van der Waals surface area contributed by atoms with Crippen LogP contribution >= 0.6 is 0 Å². The summed E-state index contributed by atoms with van der Waals surface area (Å²) in [5.74, 6) is 0.459. The molecule has 23 heavy (non-hydrogen) atoms. The Balaban J connectivity index is 1.83. The molecule has 2 aliphatic rings. The van der Waals surface area contributed by atoms with Gasteiger partial charge in [0.15, 0.2) is 0 Å². The first kappa shape index (κ1) is 16.2. The van der Waals surface area contributed by atoms with Gasteiger partial charge in [0.25, 0.3) is 0 Å². The Kier molecular flexibility index (Phi) is 5.12. The van der Waals surface area contributed by atoms with E-state index in [4.69, 9.17) is 5.41 Å². The van der Waals surface area contributed by atoms with Gasteiger partial charge in [-0.3, -0.25) is 0 Å². The maximum Gasteiger partial charge on any atom is 0.0423 e. The molecule has 2 heteroatoms. The summed E-state index contributed by atoms with van der Waals surface area (Å²) in [5, 5.41) is 8.74. The molecule has 2 nitrogen and oxygen atoms in total. The van der Waals surface area contributed by atoms with Crippen molar-refractivity contribution in [2.24, 2.45) is 5.92 Å². The van der Waals surface area contributed by atoms with Crippen LogP contribution in [0.3, 0.4) is 0 Å². The zero-order chi connectivity index (χ0) is 16.2. The fourth-order valence-electron chi connectivity index (χ4n) is 3.85. The molecule has 0 heterocycles. The minimum Gasteiger partial charge on any atom is -0.305 e. The number of nitrogens with zero attached hydrogens (tertiary/aromatic N) is 1. The molecule has 1 aromatic rings. The van der Waals surface area contributed by atoms with Crippen molar-refractivity contribution in [2.45, 2.75) is 38.5 Å². The number of likely N-dealkylation sites (N-methyl/N-ethyl adjacent to an activating group) is 1. The molecule has 1 aromatic carbocycles. The SMILES string of the molecule is CN(C)CC1=CCC(c2ccccc2C(=N)C2CCCCC2)=C1. The highest BCUT2D eigenvalue weighted by Crippen LogP contribution is 2.33. The quantitative estimate of drug-likeness (QED) is 0.769. The summed E-state index contributed by atoms with van der Waals surface area (Å²) in [7, 11) is 4.22. The van der Waals surface area contributed by atoms with Crippen molar-refractivity contribution >= 4 is 11.3 Å². The van der Waals surface area contributed by atoms with Crippen LogP contribution in [-0.2, 0) is 0 Å². The van der Waals surface area contributed by atoms with Crippen LogP contribution in [0.1, 0.15) is 49.7 Å². The minimum atomic E-state index is 0.459. The molecule has 0 bridgehead atoms. The van der Waals surface area contributed by atoms with Gasteiger partial charge in [0.2, 0.25) is 0 Å². The first-order valence-corrected chi connectivity index (χ1v) is 8.87. The van der Waals surface area contributed by atoms with Crippen molar-refractivity contribution in [3.05, 3.63) is 53.1 Å². The van der Waals surface area contributed by atoms with Gasteiger partial charge in [-0.1, -0.05) is 55.7 Å². The average Bonchev–Trinajstić information content (AvgIpc) is 3.02. The van der Waals surface area contributed by atoms with Crippen LogP contribution in [0, 0.1) is 11.3 Å². The molecule has 1 N–H and O–H groups in total. The van der Waals surface area contributed by atoms with Gasteiger partial charge >= 0.3 is 0 Å². The molecule has 2 aliphatic carbocycles. The number of rotatable bonds is 5. The van der Waals surface area contributed by atoms with Crippen LogP contribution in [0.25, 0.3) is 5.57 Å². The minimum absolute atomic E-state index is 0.459. The predicted octanol–water partition coefficient (Wildman–Crippen LogP) is 4.91. The third-order valence-corrected chi connectivity index (χ3v) is 5.02. The van der Waals surface area contributed by atoms with E-state index in [0.717, 1.165) is 24.2 Å². The molecule has 0 aromatic heterocycles. The van der Waals surface area contributed by atoms with E-state index in [9.17, 15) is 0 Å². The van der Waals surface area contributed by atoms with Crippen molar-refractivity contribution in [2.75, 3.05) is 20.6 Å². The van der Waals surface area contributed by atoms with E-state index < -0.39 is 0 Å². The number of nitrogens with one attached hydrogen (secondary N) is 1. The molecule has 0 atom stereocenters. The average molecular weight is 308 g/mol. The molecule has 122 valence electrons. The standard InChI is InChI=1S/C21H28N2/c1-23(2)15-16-12-13-18(14-16)19-10-6-7-11-20(19)21(22)17-8-4-3-5-9-17/h6-7,10-12,14,17,22H,3-5,8-9,13,15H2,1-2H3. The van der Waals surface area contributed by atoms with E-state index in [1.54, 1.807) is 0 Å². The molecule has 0 unspecified atom stereocenters. The molecular formula is C21H28N2. The third-order valence-electron chi connectivity index (χ3n) is 5.02. The molecule has 1 saturated carbocycles. The van der Waals surface area contributed by atoms with Crippen LogP contribution in [0.15, 0.2) is 42.0 Å². The first-order chi connectivity index (χ1) is 11.1. The van der Waals surface area contributed by atoms with Crippen LogP contribution in [-0.4, -0.2) is 31.3 Å².